The predicted molar refractivity (Wildman–Crippen MR) is 91.6 cm³/mol. The summed E-state index contributed by atoms with van der Waals surface area (Å²) >= 11 is 1.39. The minimum absolute atomic E-state index is 0.0904. The summed E-state index contributed by atoms with van der Waals surface area (Å²) in [6.45, 7) is 3.79. The summed E-state index contributed by atoms with van der Waals surface area (Å²) < 4.78 is 1.65. The maximum Gasteiger partial charge on any atom is 0.235 e. The number of nitrogens with zero attached hydrogens (tertiary/aromatic N) is 4. The highest BCUT2D eigenvalue weighted by molar-refractivity contribution is 8.00. The Kier molecular flexibility index (Phi) is 4.29. The minimum Gasteiger partial charge on any atom is -0.310 e. The van der Waals surface area contributed by atoms with Gasteiger partial charge < -0.3 is 5.32 Å². The number of carbonyl (C=O) groups is 1. The predicted octanol–water partition coefficient (Wildman–Crippen LogP) is 2.71. The number of rotatable bonds is 4. The second-order valence-corrected chi connectivity index (χ2v) is 6.20. The first-order valence-electron chi connectivity index (χ1n) is 7.19. The zero-order chi connectivity index (χ0) is 16.4. The van der Waals surface area contributed by atoms with Gasteiger partial charge in [0.1, 0.15) is 10.8 Å². The molecule has 2 aromatic heterocycles. The molecule has 0 aliphatic carbocycles. The summed E-state index contributed by atoms with van der Waals surface area (Å²) in [5, 5.41) is 7.83. The van der Waals surface area contributed by atoms with Gasteiger partial charge in [0.2, 0.25) is 5.91 Å². The van der Waals surface area contributed by atoms with Gasteiger partial charge in [-0.15, -0.1) is 0 Å². The molecule has 1 N–H and O–H groups in total. The number of benzene rings is 1. The molecule has 0 bridgehead atoms. The molecular weight excluding hydrogens is 310 g/mol. The van der Waals surface area contributed by atoms with Gasteiger partial charge in [-0.25, -0.2) is 9.97 Å². The Morgan fingerprint density at radius 3 is 2.57 bits per heavy atom. The van der Waals surface area contributed by atoms with E-state index >= 15 is 0 Å². The molecule has 0 spiro atoms. The van der Waals surface area contributed by atoms with Crippen molar-refractivity contribution in [3.05, 3.63) is 41.7 Å². The fourth-order valence-corrected chi connectivity index (χ4v) is 3.01. The SMILES string of the molecule is Cc1cc(NC(=O)CSc2nc3ccccc3nc2C)n(C)n1. The molecule has 3 rings (SSSR count). The van der Waals surface area contributed by atoms with Crippen molar-refractivity contribution in [1.29, 1.82) is 0 Å². The number of hydrogen-bond acceptors (Lipinski definition) is 5. The van der Waals surface area contributed by atoms with Crippen LogP contribution in [0.3, 0.4) is 0 Å². The monoisotopic (exact) mass is 327 g/mol. The van der Waals surface area contributed by atoms with Crippen molar-refractivity contribution in [1.82, 2.24) is 19.7 Å². The lowest BCUT2D eigenvalue weighted by molar-refractivity contribution is -0.113. The zero-order valence-electron chi connectivity index (χ0n) is 13.2. The highest BCUT2D eigenvalue weighted by atomic mass is 32.2. The summed E-state index contributed by atoms with van der Waals surface area (Å²) in [6.07, 6.45) is 0. The van der Waals surface area contributed by atoms with Gasteiger partial charge in [-0.1, -0.05) is 23.9 Å². The molecule has 23 heavy (non-hydrogen) atoms. The number of amides is 1. The molecule has 6 nitrogen and oxygen atoms in total. The summed E-state index contributed by atoms with van der Waals surface area (Å²) in [4.78, 5) is 21.2. The Hall–Kier alpha value is -2.41. The summed E-state index contributed by atoms with van der Waals surface area (Å²) in [5.41, 5.74) is 3.40. The largest absolute Gasteiger partial charge is 0.310 e. The number of hydrogen-bond donors (Lipinski definition) is 1. The lowest BCUT2D eigenvalue weighted by Gasteiger charge is -2.07. The normalized spacial score (nSPS) is 10.9. The van der Waals surface area contributed by atoms with E-state index in [1.54, 1.807) is 11.7 Å². The number of thioether (sulfide) groups is 1. The van der Waals surface area contributed by atoms with E-state index in [0.29, 0.717) is 5.82 Å². The van der Waals surface area contributed by atoms with Crippen molar-refractivity contribution in [2.75, 3.05) is 11.1 Å². The molecule has 7 heteroatoms. The van der Waals surface area contributed by atoms with E-state index in [9.17, 15) is 4.79 Å². The third-order valence-electron chi connectivity index (χ3n) is 3.31. The average molecular weight is 327 g/mol. The Bertz CT molecular complexity index is 874. The molecule has 2 heterocycles. The first-order valence-corrected chi connectivity index (χ1v) is 8.18. The number of aryl methyl sites for hydroxylation is 3. The number of fused-ring (bicyclic) bond motifs is 1. The van der Waals surface area contributed by atoms with Gasteiger partial charge in [-0.3, -0.25) is 9.48 Å². The molecule has 0 atom stereocenters. The van der Waals surface area contributed by atoms with E-state index in [-0.39, 0.29) is 11.7 Å². The molecule has 0 saturated heterocycles. The van der Waals surface area contributed by atoms with E-state index in [0.717, 1.165) is 27.4 Å². The van der Waals surface area contributed by atoms with Crippen molar-refractivity contribution >= 4 is 34.5 Å². The van der Waals surface area contributed by atoms with Gasteiger partial charge in [0.15, 0.2) is 0 Å². The van der Waals surface area contributed by atoms with Crippen molar-refractivity contribution in [2.24, 2.45) is 7.05 Å². The quantitative estimate of drug-likeness (QED) is 0.746. The highest BCUT2D eigenvalue weighted by Gasteiger charge is 2.11. The Morgan fingerprint density at radius 1 is 1.22 bits per heavy atom. The lowest BCUT2D eigenvalue weighted by Crippen LogP contribution is -2.16. The minimum atomic E-state index is -0.0904. The van der Waals surface area contributed by atoms with E-state index in [2.05, 4.69) is 20.4 Å². The molecule has 0 fully saturated rings. The first-order chi connectivity index (χ1) is 11.0. The van der Waals surface area contributed by atoms with Crippen LogP contribution in [0.2, 0.25) is 0 Å². The Balaban J connectivity index is 1.69. The zero-order valence-corrected chi connectivity index (χ0v) is 14.0. The smallest absolute Gasteiger partial charge is 0.235 e. The molecule has 0 aliphatic heterocycles. The molecule has 3 aromatic rings. The average Bonchev–Trinajstić information content (AvgIpc) is 2.82. The summed E-state index contributed by atoms with van der Waals surface area (Å²) in [7, 11) is 1.80. The molecule has 0 unspecified atom stereocenters. The van der Waals surface area contributed by atoms with Crippen LogP contribution in [0.5, 0.6) is 0 Å². The summed E-state index contributed by atoms with van der Waals surface area (Å²) in [6, 6.07) is 9.56. The van der Waals surface area contributed by atoms with Crippen LogP contribution >= 0.6 is 11.8 Å². The maximum absolute atomic E-state index is 12.1. The molecule has 0 aliphatic rings. The van der Waals surface area contributed by atoms with Gasteiger partial charge in [-0.05, 0) is 26.0 Å². The molecule has 0 radical (unpaired) electrons. The lowest BCUT2D eigenvalue weighted by atomic mass is 10.3. The van der Waals surface area contributed by atoms with Gasteiger partial charge in [0.25, 0.3) is 0 Å². The molecule has 1 aromatic carbocycles. The fraction of sp³-hybridized carbons (Fsp3) is 0.250. The standard InChI is InChI=1S/C16H17N5OS/c1-10-8-14(21(3)20-10)19-15(22)9-23-16-11(2)17-12-6-4-5-7-13(12)18-16/h4-8H,9H2,1-3H3,(H,19,22). The van der Waals surface area contributed by atoms with Crippen LogP contribution in [0.1, 0.15) is 11.4 Å². The van der Waals surface area contributed by atoms with Crippen molar-refractivity contribution in [3.8, 4) is 0 Å². The van der Waals surface area contributed by atoms with Gasteiger partial charge >= 0.3 is 0 Å². The molecule has 1 amide bonds. The third-order valence-corrected chi connectivity index (χ3v) is 4.38. The van der Waals surface area contributed by atoms with Crippen molar-refractivity contribution < 1.29 is 4.79 Å². The Labute approximate surface area is 138 Å². The number of nitrogens with one attached hydrogen (secondary N) is 1. The molecular formula is C16H17N5OS. The topological polar surface area (TPSA) is 72.7 Å². The highest BCUT2D eigenvalue weighted by Crippen LogP contribution is 2.22. The van der Waals surface area contributed by atoms with Crippen LogP contribution in [-0.4, -0.2) is 31.4 Å². The van der Waals surface area contributed by atoms with Crippen LogP contribution in [0.25, 0.3) is 11.0 Å². The molecule has 0 saturated carbocycles. The number of carbonyl (C=O) groups excluding carboxylic acids is 1. The van der Waals surface area contributed by atoms with E-state index in [4.69, 9.17) is 0 Å². The van der Waals surface area contributed by atoms with Crippen molar-refractivity contribution in [3.63, 3.8) is 0 Å². The van der Waals surface area contributed by atoms with Crippen LogP contribution in [0.15, 0.2) is 35.4 Å². The second-order valence-electron chi connectivity index (χ2n) is 5.23. The maximum atomic E-state index is 12.1. The van der Waals surface area contributed by atoms with Crippen LogP contribution in [0.4, 0.5) is 5.82 Å². The number of aromatic nitrogens is 4. The second kappa shape index (κ2) is 6.37. The van der Waals surface area contributed by atoms with E-state index in [1.807, 2.05) is 44.2 Å². The van der Waals surface area contributed by atoms with Gasteiger partial charge in [0.05, 0.1) is 28.2 Å². The number of anilines is 1. The third kappa shape index (κ3) is 3.50. The van der Waals surface area contributed by atoms with Crippen LogP contribution in [-0.2, 0) is 11.8 Å². The van der Waals surface area contributed by atoms with E-state index < -0.39 is 0 Å². The van der Waals surface area contributed by atoms with Gasteiger partial charge in [0, 0.05) is 13.1 Å². The van der Waals surface area contributed by atoms with Crippen LogP contribution in [0, 0.1) is 13.8 Å². The van der Waals surface area contributed by atoms with Crippen LogP contribution < -0.4 is 5.32 Å². The Morgan fingerprint density at radius 2 is 1.91 bits per heavy atom. The summed E-state index contributed by atoms with van der Waals surface area (Å²) in [5.74, 6) is 0.875. The molecule has 118 valence electrons. The van der Waals surface area contributed by atoms with Gasteiger partial charge in [-0.2, -0.15) is 5.10 Å². The first kappa shape index (κ1) is 15.5. The number of para-hydroxylation sites is 2. The van der Waals surface area contributed by atoms with E-state index in [1.165, 1.54) is 11.8 Å². The van der Waals surface area contributed by atoms with Crippen molar-refractivity contribution in [2.45, 2.75) is 18.9 Å². The fourth-order valence-electron chi connectivity index (χ4n) is 2.25.